The van der Waals surface area contributed by atoms with Crippen molar-refractivity contribution >= 4 is 11.0 Å². The highest BCUT2D eigenvalue weighted by Crippen LogP contribution is 2.39. The minimum atomic E-state index is -1.77. The van der Waals surface area contributed by atoms with Gasteiger partial charge in [0, 0.05) is 17.7 Å². The van der Waals surface area contributed by atoms with Crippen LogP contribution in [-0.2, 0) is 4.74 Å². The first-order chi connectivity index (χ1) is 14.7. The molecule has 1 saturated heterocycles. The molecule has 1 aliphatic heterocycles. The van der Waals surface area contributed by atoms with Crippen LogP contribution < -0.4 is 5.43 Å². The number of benzene rings is 2. The molecule has 1 aromatic heterocycles. The standard InChI is InChI=1S/C21H20O10/c22-7-13-16(26)18(28)19(29)21(31-13)15-17(27)14-11(25)5-10(24)6-12(14)30-20(15)8-1-3-9(23)4-2-8/h1-6,13,16,18-19,21-26,28-29H,7H2/t13-,16-,18+,19-,21+/m1/s1. The van der Waals surface area contributed by atoms with E-state index in [-0.39, 0.29) is 39.4 Å². The number of aliphatic hydroxyl groups excluding tert-OH is 4. The quantitative estimate of drug-likeness (QED) is 0.300. The Hall–Kier alpha value is -3.15. The summed E-state index contributed by atoms with van der Waals surface area (Å²) in [5.74, 6) is -1.11. The molecule has 31 heavy (non-hydrogen) atoms. The van der Waals surface area contributed by atoms with Gasteiger partial charge < -0.3 is 44.9 Å². The third kappa shape index (κ3) is 3.50. The summed E-state index contributed by atoms with van der Waals surface area (Å²) in [5.41, 5.74) is -0.965. The van der Waals surface area contributed by atoms with Crippen molar-refractivity contribution in [2.75, 3.05) is 6.61 Å². The molecule has 0 aliphatic carbocycles. The zero-order chi connectivity index (χ0) is 22.4. The summed E-state index contributed by atoms with van der Waals surface area (Å²) in [6.45, 7) is -0.700. The topological polar surface area (TPSA) is 181 Å². The molecular formula is C21H20O10. The molecule has 1 aliphatic rings. The lowest BCUT2D eigenvalue weighted by Gasteiger charge is -2.40. The van der Waals surface area contributed by atoms with Crippen molar-refractivity contribution in [1.29, 1.82) is 0 Å². The van der Waals surface area contributed by atoms with Crippen molar-refractivity contribution in [3.8, 4) is 28.6 Å². The molecule has 7 N–H and O–H groups in total. The van der Waals surface area contributed by atoms with Crippen LogP contribution in [0, 0.1) is 0 Å². The maximum Gasteiger partial charge on any atom is 0.203 e. The highest BCUT2D eigenvalue weighted by molar-refractivity contribution is 5.87. The first-order valence-corrected chi connectivity index (χ1v) is 9.35. The number of aromatic hydroxyl groups is 3. The number of phenolic OH excluding ortho intramolecular Hbond substituents is 3. The van der Waals surface area contributed by atoms with Crippen molar-refractivity contribution in [2.45, 2.75) is 30.5 Å². The summed E-state index contributed by atoms with van der Waals surface area (Å²) in [6, 6.07) is 7.58. The predicted molar refractivity (Wildman–Crippen MR) is 106 cm³/mol. The first kappa shape index (κ1) is 21.1. The van der Waals surface area contributed by atoms with Crippen LogP contribution >= 0.6 is 0 Å². The number of rotatable bonds is 3. The maximum atomic E-state index is 13.4. The molecule has 3 aromatic rings. The van der Waals surface area contributed by atoms with Crippen LogP contribution in [0.4, 0.5) is 0 Å². The van der Waals surface area contributed by atoms with Crippen LogP contribution in [-0.4, -0.2) is 66.8 Å². The molecule has 5 atom stereocenters. The summed E-state index contributed by atoms with van der Waals surface area (Å²) < 4.78 is 11.3. The highest BCUT2D eigenvalue weighted by Gasteiger charge is 2.46. The van der Waals surface area contributed by atoms with Gasteiger partial charge in [-0.1, -0.05) is 0 Å². The third-order valence-electron chi connectivity index (χ3n) is 5.30. The van der Waals surface area contributed by atoms with E-state index in [1.165, 1.54) is 24.3 Å². The number of fused-ring (bicyclic) bond motifs is 1. The minimum absolute atomic E-state index is 0.0587. The fourth-order valence-corrected chi connectivity index (χ4v) is 3.72. The molecule has 0 radical (unpaired) electrons. The van der Waals surface area contributed by atoms with E-state index < -0.39 is 48.3 Å². The molecule has 2 heterocycles. The molecule has 10 heteroatoms. The Morgan fingerprint density at radius 3 is 2.19 bits per heavy atom. The zero-order valence-corrected chi connectivity index (χ0v) is 15.9. The van der Waals surface area contributed by atoms with Gasteiger partial charge in [-0.2, -0.15) is 0 Å². The SMILES string of the molecule is O=c1c([C@@H]2O[C@H](CO)[C@@H](O)[C@H](O)[C@H]2O)c(-c2ccc(O)cc2)oc2cc(O)cc(O)c12. The minimum Gasteiger partial charge on any atom is -0.508 e. The molecule has 10 nitrogen and oxygen atoms in total. The van der Waals surface area contributed by atoms with E-state index in [0.29, 0.717) is 0 Å². The van der Waals surface area contributed by atoms with Gasteiger partial charge in [-0.25, -0.2) is 0 Å². The second-order valence-corrected chi connectivity index (χ2v) is 7.31. The lowest BCUT2D eigenvalue weighted by molar-refractivity contribution is -0.232. The zero-order valence-electron chi connectivity index (χ0n) is 15.9. The normalized spacial score (nSPS) is 26.3. The number of ether oxygens (including phenoxy) is 1. The third-order valence-corrected chi connectivity index (χ3v) is 5.30. The Bertz CT molecular complexity index is 1170. The van der Waals surface area contributed by atoms with E-state index in [4.69, 9.17) is 9.15 Å². The Kier molecular flexibility index (Phi) is 5.33. The first-order valence-electron chi connectivity index (χ1n) is 9.35. The molecule has 0 amide bonds. The van der Waals surface area contributed by atoms with Gasteiger partial charge in [-0.3, -0.25) is 4.79 Å². The molecular weight excluding hydrogens is 412 g/mol. The van der Waals surface area contributed by atoms with Crippen molar-refractivity contribution in [3.05, 3.63) is 52.2 Å². The van der Waals surface area contributed by atoms with Crippen molar-refractivity contribution in [2.24, 2.45) is 0 Å². The number of aliphatic hydroxyl groups is 4. The maximum absolute atomic E-state index is 13.4. The van der Waals surface area contributed by atoms with Crippen molar-refractivity contribution in [1.82, 2.24) is 0 Å². The largest absolute Gasteiger partial charge is 0.508 e. The molecule has 0 bridgehead atoms. The van der Waals surface area contributed by atoms with Gasteiger partial charge in [-0.15, -0.1) is 0 Å². The van der Waals surface area contributed by atoms with Gasteiger partial charge in [0.15, 0.2) is 0 Å². The van der Waals surface area contributed by atoms with Crippen molar-refractivity contribution in [3.63, 3.8) is 0 Å². The van der Waals surface area contributed by atoms with Crippen LogP contribution in [0.2, 0.25) is 0 Å². The average Bonchev–Trinajstić information content (AvgIpc) is 2.73. The van der Waals surface area contributed by atoms with E-state index >= 15 is 0 Å². The van der Waals surface area contributed by atoms with E-state index in [2.05, 4.69) is 0 Å². The molecule has 2 aromatic carbocycles. The lowest BCUT2D eigenvalue weighted by Crippen LogP contribution is -2.55. The van der Waals surface area contributed by atoms with Gasteiger partial charge in [0.2, 0.25) is 5.43 Å². The summed E-state index contributed by atoms with van der Waals surface area (Å²) in [7, 11) is 0. The van der Waals surface area contributed by atoms with Crippen LogP contribution in [0.25, 0.3) is 22.3 Å². The number of phenols is 3. The summed E-state index contributed by atoms with van der Waals surface area (Å²) in [6.07, 6.45) is -7.96. The Balaban J connectivity index is 2.02. The van der Waals surface area contributed by atoms with E-state index in [0.717, 1.165) is 12.1 Å². The molecule has 4 rings (SSSR count). The van der Waals surface area contributed by atoms with Gasteiger partial charge >= 0.3 is 0 Å². The Labute approximate surface area is 174 Å². The van der Waals surface area contributed by atoms with E-state index in [9.17, 15) is 40.5 Å². The molecule has 0 spiro atoms. The van der Waals surface area contributed by atoms with Crippen LogP contribution in [0.1, 0.15) is 11.7 Å². The summed E-state index contributed by atoms with van der Waals surface area (Å²) in [5, 5.41) is 69.6. The van der Waals surface area contributed by atoms with Crippen LogP contribution in [0.15, 0.2) is 45.6 Å². The predicted octanol–water partition coefficient (Wildman–Crippen LogP) is 0.0917. The fourth-order valence-electron chi connectivity index (χ4n) is 3.72. The second-order valence-electron chi connectivity index (χ2n) is 7.31. The fraction of sp³-hybridized carbons (Fsp3) is 0.286. The summed E-state index contributed by atoms with van der Waals surface area (Å²) >= 11 is 0. The summed E-state index contributed by atoms with van der Waals surface area (Å²) in [4.78, 5) is 13.4. The Morgan fingerprint density at radius 2 is 1.55 bits per heavy atom. The average molecular weight is 432 g/mol. The molecule has 1 fully saturated rings. The highest BCUT2D eigenvalue weighted by atomic mass is 16.5. The van der Waals surface area contributed by atoms with Crippen molar-refractivity contribution < 1.29 is 44.9 Å². The van der Waals surface area contributed by atoms with Gasteiger partial charge in [0.25, 0.3) is 0 Å². The monoisotopic (exact) mass is 432 g/mol. The molecule has 0 unspecified atom stereocenters. The Morgan fingerprint density at radius 1 is 0.871 bits per heavy atom. The second kappa shape index (κ2) is 7.84. The number of hydrogen-bond acceptors (Lipinski definition) is 10. The van der Waals surface area contributed by atoms with Crippen LogP contribution in [0.5, 0.6) is 17.2 Å². The van der Waals surface area contributed by atoms with E-state index in [1.807, 2.05) is 0 Å². The van der Waals surface area contributed by atoms with Gasteiger partial charge in [-0.05, 0) is 24.3 Å². The lowest BCUT2D eigenvalue weighted by atomic mass is 9.89. The number of hydrogen-bond donors (Lipinski definition) is 7. The van der Waals surface area contributed by atoms with E-state index in [1.54, 1.807) is 0 Å². The smallest absolute Gasteiger partial charge is 0.203 e. The van der Waals surface area contributed by atoms with Crippen LogP contribution in [0.3, 0.4) is 0 Å². The molecule has 0 saturated carbocycles. The molecule has 164 valence electrons. The van der Waals surface area contributed by atoms with Gasteiger partial charge in [0.1, 0.15) is 64.5 Å². The van der Waals surface area contributed by atoms with Gasteiger partial charge in [0.05, 0.1) is 12.2 Å².